The topological polar surface area (TPSA) is 86.9 Å². The highest BCUT2D eigenvalue weighted by molar-refractivity contribution is 9.10. The van der Waals surface area contributed by atoms with E-state index < -0.39 is 29.5 Å². The second-order valence-electron chi connectivity index (χ2n) is 6.69. The van der Waals surface area contributed by atoms with Gasteiger partial charge in [-0.1, -0.05) is 40.2 Å². The molecule has 0 bridgehead atoms. The number of aromatic nitrogens is 2. The quantitative estimate of drug-likeness (QED) is 0.431. The fourth-order valence-electron chi connectivity index (χ4n) is 2.88. The maximum atomic E-state index is 13.3. The lowest BCUT2D eigenvalue weighted by atomic mass is 10.1. The summed E-state index contributed by atoms with van der Waals surface area (Å²) in [6.45, 7) is 1.70. The summed E-state index contributed by atoms with van der Waals surface area (Å²) in [7, 11) is 0. The molecule has 0 saturated carbocycles. The molecule has 3 aromatic rings. The van der Waals surface area contributed by atoms with Gasteiger partial charge in [-0.05, 0) is 42.3 Å². The van der Waals surface area contributed by atoms with Crippen molar-refractivity contribution in [3.63, 3.8) is 0 Å². The van der Waals surface area contributed by atoms with E-state index in [2.05, 4.69) is 36.8 Å². The number of hydrogen-bond acceptors (Lipinski definition) is 3. The molecule has 3 N–H and O–H groups in total. The minimum absolute atomic E-state index is 0.168. The van der Waals surface area contributed by atoms with E-state index in [4.69, 9.17) is 0 Å². The van der Waals surface area contributed by atoms with Crippen LogP contribution in [0.1, 0.15) is 12.5 Å². The van der Waals surface area contributed by atoms with E-state index in [-0.39, 0.29) is 12.0 Å². The largest absolute Gasteiger partial charge is 0.341 e. The van der Waals surface area contributed by atoms with E-state index in [0.29, 0.717) is 11.5 Å². The van der Waals surface area contributed by atoms with E-state index in [9.17, 15) is 18.4 Å². The third-order valence-electron chi connectivity index (χ3n) is 4.26. The van der Waals surface area contributed by atoms with E-state index in [1.165, 1.54) is 6.08 Å². The molecule has 1 atom stereocenters. The van der Waals surface area contributed by atoms with Crippen LogP contribution in [-0.4, -0.2) is 28.1 Å². The molecule has 6 nitrogen and oxygen atoms in total. The molecular weight excluding hydrogens is 470 g/mol. The molecule has 0 aliphatic heterocycles. The fraction of sp³-hybridized carbons (Fsp3) is 0.136. The molecule has 0 radical (unpaired) electrons. The lowest BCUT2D eigenvalue weighted by Gasteiger charge is -2.14. The summed E-state index contributed by atoms with van der Waals surface area (Å²) in [5, 5.41) is 12.1. The monoisotopic (exact) mass is 488 g/mol. The molecule has 2 aromatic carbocycles. The predicted octanol–water partition coefficient (Wildman–Crippen LogP) is 4.36. The number of allylic oxidation sites excluding steroid dienone is 1. The first-order chi connectivity index (χ1) is 14.8. The van der Waals surface area contributed by atoms with E-state index in [0.717, 1.165) is 28.2 Å². The average Bonchev–Trinajstić information content (AvgIpc) is 3.15. The third-order valence-corrected chi connectivity index (χ3v) is 4.78. The summed E-state index contributed by atoms with van der Waals surface area (Å²) in [6, 6.07) is 11.1. The van der Waals surface area contributed by atoms with Crippen molar-refractivity contribution in [2.45, 2.75) is 19.4 Å². The molecule has 0 fully saturated rings. The molecule has 2 amide bonds. The average molecular weight is 489 g/mol. The number of aromatic amines is 1. The molecule has 31 heavy (non-hydrogen) atoms. The third kappa shape index (κ3) is 6.32. The van der Waals surface area contributed by atoms with Gasteiger partial charge in [0.1, 0.15) is 17.7 Å². The zero-order chi connectivity index (χ0) is 22.4. The highest BCUT2D eigenvalue weighted by Crippen LogP contribution is 2.22. The summed E-state index contributed by atoms with van der Waals surface area (Å²) in [5.41, 5.74) is 1.76. The van der Waals surface area contributed by atoms with Crippen LogP contribution >= 0.6 is 15.9 Å². The number of halogens is 3. The van der Waals surface area contributed by atoms with Crippen molar-refractivity contribution < 1.29 is 18.4 Å². The number of hydrogen-bond donors (Lipinski definition) is 3. The summed E-state index contributed by atoms with van der Waals surface area (Å²) in [6.07, 6.45) is 2.85. The molecule has 0 spiro atoms. The number of H-pyrrole nitrogens is 1. The van der Waals surface area contributed by atoms with Crippen molar-refractivity contribution in [2.24, 2.45) is 0 Å². The standard InChI is InChI=1S/C22H19BrF2N4O2/c1-2-3-18(26-21(30)10-13-8-16(24)11-17(25)9-13)22(31)27-20-12-19(28-29-20)14-4-6-15(23)7-5-14/h2-9,11-12,18H,10H2,1H3,(H,26,30)(H2,27,28,29,31)/b3-2+. The number of nitrogens with zero attached hydrogens (tertiary/aromatic N) is 1. The summed E-state index contributed by atoms with van der Waals surface area (Å²) < 4.78 is 27.6. The smallest absolute Gasteiger partial charge is 0.252 e. The number of rotatable bonds is 7. The van der Waals surface area contributed by atoms with Crippen molar-refractivity contribution in [3.8, 4) is 11.3 Å². The molecule has 160 valence electrons. The van der Waals surface area contributed by atoms with Gasteiger partial charge in [0.2, 0.25) is 5.91 Å². The number of carbonyl (C=O) groups excluding carboxylic acids is 2. The van der Waals surface area contributed by atoms with Gasteiger partial charge in [-0.25, -0.2) is 8.78 Å². The molecule has 9 heteroatoms. The van der Waals surface area contributed by atoms with Gasteiger partial charge in [0.15, 0.2) is 5.82 Å². The van der Waals surface area contributed by atoms with Crippen LogP contribution in [0.4, 0.5) is 14.6 Å². The van der Waals surface area contributed by atoms with E-state index >= 15 is 0 Å². The zero-order valence-corrected chi connectivity index (χ0v) is 18.0. The molecular formula is C22H19BrF2N4O2. The summed E-state index contributed by atoms with van der Waals surface area (Å²) >= 11 is 3.37. The van der Waals surface area contributed by atoms with Crippen LogP contribution in [0.3, 0.4) is 0 Å². The number of amides is 2. The first kappa shape index (κ1) is 22.4. The highest BCUT2D eigenvalue weighted by Gasteiger charge is 2.19. The van der Waals surface area contributed by atoms with E-state index in [1.807, 2.05) is 24.3 Å². The van der Waals surface area contributed by atoms with Crippen molar-refractivity contribution >= 4 is 33.6 Å². The second kappa shape index (κ2) is 10.1. The minimum Gasteiger partial charge on any atom is -0.341 e. The molecule has 1 heterocycles. The Morgan fingerprint density at radius 3 is 2.45 bits per heavy atom. The van der Waals surface area contributed by atoms with E-state index in [1.54, 1.807) is 19.1 Å². The SMILES string of the molecule is C/C=C/C(NC(=O)Cc1cc(F)cc(F)c1)C(=O)Nc1cc(-c2ccc(Br)cc2)[nH]n1. The van der Waals surface area contributed by atoms with Gasteiger partial charge in [0.25, 0.3) is 5.91 Å². The Labute approximate surface area is 185 Å². The number of nitrogens with one attached hydrogen (secondary N) is 3. The Balaban J connectivity index is 1.65. The van der Waals surface area contributed by atoms with Gasteiger partial charge in [-0.2, -0.15) is 5.10 Å². The van der Waals surface area contributed by atoms with Crippen LogP contribution in [0.5, 0.6) is 0 Å². The van der Waals surface area contributed by atoms with Crippen LogP contribution in [0.25, 0.3) is 11.3 Å². The van der Waals surface area contributed by atoms with Gasteiger partial charge in [0, 0.05) is 16.6 Å². The molecule has 0 aliphatic rings. The Hall–Kier alpha value is -3.33. The van der Waals surface area contributed by atoms with Crippen LogP contribution in [-0.2, 0) is 16.0 Å². The van der Waals surface area contributed by atoms with Crippen LogP contribution in [0, 0.1) is 11.6 Å². The molecule has 0 saturated heterocycles. The van der Waals surface area contributed by atoms with Crippen LogP contribution in [0.2, 0.25) is 0 Å². The maximum absolute atomic E-state index is 13.3. The van der Waals surface area contributed by atoms with Crippen molar-refractivity contribution in [2.75, 3.05) is 5.32 Å². The Kier molecular flexibility index (Phi) is 7.30. The first-order valence-electron chi connectivity index (χ1n) is 9.33. The summed E-state index contributed by atoms with van der Waals surface area (Å²) in [4.78, 5) is 24.9. The maximum Gasteiger partial charge on any atom is 0.252 e. The Morgan fingerprint density at radius 1 is 1.13 bits per heavy atom. The van der Waals surface area contributed by atoms with Gasteiger partial charge >= 0.3 is 0 Å². The molecule has 3 rings (SSSR count). The van der Waals surface area contributed by atoms with Crippen LogP contribution < -0.4 is 10.6 Å². The summed E-state index contributed by atoms with van der Waals surface area (Å²) in [5.74, 6) is -2.32. The normalized spacial score (nSPS) is 12.0. The lowest BCUT2D eigenvalue weighted by Crippen LogP contribution is -2.43. The Bertz CT molecular complexity index is 1090. The van der Waals surface area contributed by atoms with Gasteiger partial charge in [0.05, 0.1) is 12.1 Å². The van der Waals surface area contributed by atoms with Crippen LogP contribution in [0.15, 0.2) is 65.2 Å². The van der Waals surface area contributed by atoms with Crippen molar-refractivity contribution in [1.82, 2.24) is 15.5 Å². The second-order valence-corrected chi connectivity index (χ2v) is 7.60. The number of benzene rings is 2. The molecule has 0 aliphatic carbocycles. The number of anilines is 1. The van der Waals surface area contributed by atoms with Crippen molar-refractivity contribution in [3.05, 3.63) is 82.4 Å². The number of carbonyl (C=O) groups is 2. The minimum atomic E-state index is -0.983. The molecule has 1 unspecified atom stereocenters. The first-order valence-corrected chi connectivity index (χ1v) is 10.1. The highest BCUT2D eigenvalue weighted by atomic mass is 79.9. The Morgan fingerprint density at radius 2 is 1.81 bits per heavy atom. The lowest BCUT2D eigenvalue weighted by molar-refractivity contribution is -0.125. The van der Waals surface area contributed by atoms with Gasteiger partial charge < -0.3 is 10.6 Å². The predicted molar refractivity (Wildman–Crippen MR) is 117 cm³/mol. The van der Waals surface area contributed by atoms with Gasteiger partial charge in [-0.15, -0.1) is 0 Å². The molecule has 1 aromatic heterocycles. The van der Waals surface area contributed by atoms with Gasteiger partial charge in [-0.3, -0.25) is 14.7 Å². The van der Waals surface area contributed by atoms with Crippen molar-refractivity contribution in [1.29, 1.82) is 0 Å². The fourth-order valence-corrected chi connectivity index (χ4v) is 3.15. The zero-order valence-electron chi connectivity index (χ0n) is 16.5.